The molecule has 4 nitrogen and oxygen atoms in total. The third-order valence-electron chi connectivity index (χ3n) is 2.59. The normalized spacial score (nSPS) is 21.0. The number of hydrogen-bond donors (Lipinski definition) is 0. The summed E-state index contributed by atoms with van der Waals surface area (Å²) in [6, 6.07) is 2.18. The molecule has 1 rings (SSSR count). The zero-order valence-corrected chi connectivity index (χ0v) is 9.42. The smallest absolute Gasteiger partial charge is 0.212 e. The molecule has 14 heavy (non-hydrogen) atoms. The quantitative estimate of drug-likeness (QED) is 0.690. The SMILES string of the molecule is CC(C)S(=O)(=O)N1CCC(C#N)CC1. The first kappa shape index (κ1) is 11.5. The van der Waals surface area contributed by atoms with Gasteiger partial charge in [-0.2, -0.15) is 5.26 Å². The summed E-state index contributed by atoms with van der Waals surface area (Å²) in [7, 11) is -3.11. The van der Waals surface area contributed by atoms with Gasteiger partial charge in [0, 0.05) is 19.0 Å². The minimum absolute atomic E-state index is 0.0358. The maximum Gasteiger partial charge on any atom is 0.216 e. The fourth-order valence-corrected chi connectivity index (χ4v) is 2.85. The van der Waals surface area contributed by atoms with Crippen LogP contribution in [0.25, 0.3) is 0 Å². The topological polar surface area (TPSA) is 61.2 Å². The lowest BCUT2D eigenvalue weighted by Crippen LogP contribution is -2.41. The lowest BCUT2D eigenvalue weighted by molar-refractivity contribution is 0.308. The summed E-state index contributed by atoms with van der Waals surface area (Å²) in [5, 5.41) is 8.31. The van der Waals surface area contributed by atoms with Gasteiger partial charge >= 0.3 is 0 Å². The van der Waals surface area contributed by atoms with E-state index in [-0.39, 0.29) is 11.2 Å². The van der Waals surface area contributed by atoms with Crippen LogP contribution >= 0.6 is 0 Å². The fourth-order valence-electron chi connectivity index (χ4n) is 1.54. The minimum atomic E-state index is -3.11. The maximum absolute atomic E-state index is 11.7. The first-order valence-electron chi connectivity index (χ1n) is 4.87. The van der Waals surface area contributed by atoms with Gasteiger partial charge < -0.3 is 0 Å². The Bertz CT molecular complexity index is 321. The molecule has 0 unspecified atom stereocenters. The second-order valence-corrected chi connectivity index (χ2v) is 6.39. The van der Waals surface area contributed by atoms with Crippen molar-refractivity contribution in [3.05, 3.63) is 0 Å². The zero-order chi connectivity index (χ0) is 10.8. The van der Waals surface area contributed by atoms with Crippen LogP contribution in [-0.4, -0.2) is 31.1 Å². The molecule has 1 heterocycles. The van der Waals surface area contributed by atoms with Gasteiger partial charge in [0.1, 0.15) is 0 Å². The molecule has 0 bridgehead atoms. The second-order valence-electron chi connectivity index (χ2n) is 3.90. The highest BCUT2D eigenvalue weighted by Crippen LogP contribution is 2.20. The summed E-state index contributed by atoms with van der Waals surface area (Å²) in [4.78, 5) is 0. The van der Waals surface area contributed by atoms with Crippen molar-refractivity contribution in [3.8, 4) is 6.07 Å². The molecular formula is C9H16N2O2S. The molecule has 0 aliphatic carbocycles. The summed E-state index contributed by atoms with van der Waals surface area (Å²) in [6.45, 7) is 4.37. The summed E-state index contributed by atoms with van der Waals surface area (Å²) in [5.74, 6) is 0.0358. The predicted octanol–water partition coefficient (Wildman–Crippen LogP) is 0.960. The molecule has 0 amide bonds. The number of piperidine rings is 1. The van der Waals surface area contributed by atoms with Crippen molar-refractivity contribution in [3.63, 3.8) is 0 Å². The molecule has 0 saturated carbocycles. The highest BCUT2D eigenvalue weighted by atomic mass is 32.2. The Kier molecular flexibility index (Phi) is 3.51. The largest absolute Gasteiger partial charge is 0.216 e. The summed E-state index contributed by atoms with van der Waals surface area (Å²) < 4.78 is 25.0. The molecule has 0 atom stereocenters. The predicted molar refractivity (Wildman–Crippen MR) is 54.0 cm³/mol. The van der Waals surface area contributed by atoms with E-state index in [1.807, 2.05) is 0 Å². The summed E-state index contributed by atoms with van der Waals surface area (Å²) in [6.07, 6.45) is 1.34. The van der Waals surface area contributed by atoms with Crippen LogP contribution in [-0.2, 0) is 10.0 Å². The Morgan fingerprint density at radius 1 is 1.36 bits per heavy atom. The van der Waals surface area contributed by atoms with Gasteiger partial charge in [-0.15, -0.1) is 0 Å². The zero-order valence-electron chi connectivity index (χ0n) is 8.60. The molecule has 5 heteroatoms. The number of rotatable bonds is 2. The second kappa shape index (κ2) is 4.28. The van der Waals surface area contributed by atoms with Crippen LogP contribution in [0.3, 0.4) is 0 Å². The Hall–Kier alpha value is -0.600. The summed E-state index contributed by atoms with van der Waals surface area (Å²) >= 11 is 0. The molecule has 0 spiro atoms. The van der Waals surface area contributed by atoms with Gasteiger partial charge in [-0.3, -0.25) is 0 Å². The molecule has 0 aromatic rings. The average Bonchev–Trinajstić information content (AvgIpc) is 2.17. The lowest BCUT2D eigenvalue weighted by Gasteiger charge is -2.29. The first-order chi connectivity index (χ1) is 6.48. The lowest BCUT2D eigenvalue weighted by atomic mass is 10.0. The van der Waals surface area contributed by atoms with Crippen LogP contribution in [0.15, 0.2) is 0 Å². The molecule has 1 fully saturated rings. The monoisotopic (exact) mass is 216 g/mol. The highest BCUT2D eigenvalue weighted by molar-refractivity contribution is 7.89. The molecule has 0 radical (unpaired) electrons. The fraction of sp³-hybridized carbons (Fsp3) is 0.889. The van der Waals surface area contributed by atoms with Gasteiger partial charge in [0.25, 0.3) is 0 Å². The van der Waals surface area contributed by atoms with Crippen molar-refractivity contribution in [2.45, 2.75) is 31.9 Å². The number of sulfonamides is 1. The third kappa shape index (κ3) is 2.25. The van der Waals surface area contributed by atoms with Gasteiger partial charge in [0.2, 0.25) is 10.0 Å². The Balaban J connectivity index is 2.64. The molecule has 1 aliphatic rings. The molecule has 0 aromatic heterocycles. The van der Waals surface area contributed by atoms with Gasteiger partial charge in [0.15, 0.2) is 0 Å². The van der Waals surface area contributed by atoms with Crippen LogP contribution in [0.1, 0.15) is 26.7 Å². The van der Waals surface area contributed by atoms with Crippen molar-refractivity contribution in [1.29, 1.82) is 5.26 Å². The molecule has 1 saturated heterocycles. The van der Waals surface area contributed by atoms with Crippen LogP contribution in [0.5, 0.6) is 0 Å². The first-order valence-corrected chi connectivity index (χ1v) is 6.37. The van der Waals surface area contributed by atoms with E-state index in [4.69, 9.17) is 5.26 Å². The highest BCUT2D eigenvalue weighted by Gasteiger charge is 2.29. The molecule has 0 N–H and O–H groups in total. The van der Waals surface area contributed by atoms with Crippen LogP contribution in [0.2, 0.25) is 0 Å². The van der Waals surface area contributed by atoms with Crippen molar-refractivity contribution in [2.75, 3.05) is 13.1 Å². The number of hydrogen-bond acceptors (Lipinski definition) is 3. The van der Waals surface area contributed by atoms with Crippen LogP contribution in [0, 0.1) is 17.2 Å². The van der Waals surface area contributed by atoms with E-state index in [1.165, 1.54) is 4.31 Å². The van der Waals surface area contributed by atoms with Crippen LogP contribution < -0.4 is 0 Å². The standard InChI is InChI=1S/C9H16N2O2S/c1-8(2)14(12,13)11-5-3-9(7-10)4-6-11/h8-9H,3-6H2,1-2H3. The Morgan fingerprint density at radius 3 is 2.21 bits per heavy atom. The number of nitrogens with zero attached hydrogens (tertiary/aromatic N) is 2. The van der Waals surface area contributed by atoms with Gasteiger partial charge in [-0.25, -0.2) is 12.7 Å². The Morgan fingerprint density at radius 2 is 1.86 bits per heavy atom. The van der Waals surface area contributed by atoms with E-state index >= 15 is 0 Å². The summed E-state index contributed by atoms with van der Waals surface area (Å²) in [5.41, 5.74) is 0. The molecule has 1 aliphatic heterocycles. The van der Waals surface area contributed by atoms with Crippen LogP contribution in [0.4, 0.5) is 0 Å². The molecule has 80 valence electrons. The average molecular weight is 216 g/mol. The third-order valence-corrected chi connectivity index (χ3v) is 4.87. The van der Waals surface area contributed by atoms with E-state index in [0.29, 0.717) is 25.9 Å². The molecule has 0 aromatic carbocycles. The van der Waals surface area contributed by atoms with Crippen molar-refractivity contribution < 1.29 is 8.42 Å². The Labute approximate surface area is 85.6 Å². The van der Waals surface area contributed by atoms with Crippen molar-refractivity contribution in [2.24, 2.45) is 5.92 Å². The van der Waals surface area contributed by atoms with Crippen molar-refractivity contribution >= 4 is 10.0 Å². The number of nitriles is 1. The van der Waals surface area contributed by atoms with E-state index < -0.39 is 10.0 Å². The van der Waals surface area contributed by atoms with E-state index in [9.17, 15) is 8.42 Å². The maximum atomic E-state index is 11.7. The van der Waals surface area contributed by atoms with Gasteiger partial charge in [-0.1, -0.05) is 0 Å². The van der Waals surface area contributed by atoms with Gasteiger partial charge in [-0.05, 0) is 26.7 Å². The van der Waals surface area contributed by atoms with Gasteiger partial charge in [0.05, 0.1) is 11.3 Å². The van der Waals surface area contributed by atoms with Crippen molar-refractivity contribution in [1.82, 2.24) is 4.31 Å². The van der Waals surface area contributed by atoms with E-state index in [2.05, 4.69) is 6.07 Å². The van der Waals surface area contributed by atoms with E-state index in [1.54, 1.807) is 13.8 Å². The van der Waals surface area contributed by atoms with E-state index in [0.717, 1.165) is 0 Å². The molecular weight excluding hydrogens is 200 g/mol. The minimum Gasteiger partial charge on any atom is -0.212 e.